The molecule has 100 valence electrons. The lowest BCUT2D eigenvalue weighted by molar-refractivity contribution is 0.625. The highest BCUT2D eigenvalue weighted by atomic mass is 35.5. The van der Waals surface area contributed by atoms with Crippen LogP contribution in [-0.4, -0.2) is 7.05 Å². The Morgan fingerprint density at radius 1 is 1.16 bits per heavy atom. The Hall–Kier alpha value is -1.58. The maximum absolute atomic E-state index is 13.2. The van der Waals surface area contributed by atoms with E-state index in [0.717, 1.165) is 21.8 Å². The van der Waals surface area contributed by atoms with Crippen LogP contribution in [0.2, 0.25) is 5.02 Å². The molecule has 0 bridgehead atoms. The van der Waals surface area contributed by atoms with Gasteiger partial charge in [-0.25, -0.2) is 4.39 Å². The third-order valence-corrected chi connectivity index (χ3v) is 3.41. The van der Waals surface area contributed by atoms with Crippen molar-refractivity contribution < 1.29 is 4.39 Å². The zero-order valence-corrected chi connectivity index (χ0v) is 11.5. The molecule has 0 atom stereocenters. The van der Waals surface area contributed by atoms with Gasteiger partial charge in [-0.3, -0.25) is 0 Å². The summed E-state index contributed by atoms with van der Waals surface area (Å²) in [4.78, 5) is 2.02. The van der Waals surface area contributed by atoms with Gasteiger partial charge in [0, 0.05) is 30.8 Å². The van der Waals surface area contributed by atoms with Crippen molar-refractivity contribution in [1.82, 2.24) is 0 Å². The summed E-state index contributed by atoms with van der Waals surface area (Å²) in [5.41, 5.74) is 8.39. The molecule has 0 aromatic heterocycles. The van der Waals surface area contributed by atoms with Crippen molar-refractivity contribution in [2.45, 2.75) is 13.1 Å². The van der Waals surface area contributed by atoms with E-state index in [2.05, 4.69) is 0 Å². The standard InChI is InChI=1S/C15H16ClFN2/c1-19(10-11-4-2-3-5-14(11)16)15-7-6-13(17)8-12(15)9-18/h2-8H,9-10,18H2,1H3. The number of anilines is 1. The minimum atomic E-state index is -0.268. The fraction of sp³-hybridized carbons (Fsp3) is 0.200. The molecule has 0 saturated heterocycles. The van der Waals surface area contributed by atoms with Crippen molar-refractivity contribution in [3.05, 3.63) is 64.4 Å². The molecule has 0 aliphatic carbocycles. The Morgan fingerprint density at radius 2 is 1.89 bits per heavy atom. The second-order valence-electron chi connectivity index (χ2n) is 4.42. The summed E-state index contributed by atoms with van der Waals surface area (Å²) in [6.07, 6.45) is 0. The molecular weight excluding hydrogens is 263 g/mol. The molecule has 19 heavy (non-hydrogen) atoms. The van der Waals surface area contributed by atoms with Crippen LogP contribution in [0.3, 0.4) is 0 Å². The first-order chi connectivity index (χ1) is 9.11. The average molecular weight is 279 g/mol. The van der Waals surface area contributed by atoms with Gasteiger partial charge in [0.15, 0.2) is 0 Å². The van der Waals surface area contributed by atoms with Crippen LogP contribution in [0, 0.1) is 5.82 Å². The molecule has 0 unspecified atom stereocenters. The van der Waals surface area contributed by atoms with Gasteiger partial charge in [0.05, 0.1) is 0 Å². The van der Waals surface area contributed by atoms with E-state index in [4.69, 9.17) is 17.3 Å². The van der Waals surface area contributed by atoms with Crippen molar-refractivity contribution in [1.29, 1.82) is 0 Å². The number of hydrogen-bond acceptors (Lipinski definition) is 2. The Morgan fingerprint density at radius 3 is 2.58 bits per heavy atom. The molecule has 2 rings (SSSR count). The van der Waals surface area contributed by atoms with Gasteiger partial charge >= 0.3 is 0 Å². The summed E-state index contributed by atoms with van der Waals surface area (Å²) in [6.45, 7) is 0.957. The molecule has 0 heterocycles. The van der Waals surface area contributed by atoms with E-state index in [1.54, 1.807) is 6.07 Å². The van der Waals surface area contributed by atoms with E-state index < -0.39 is 0 Å². The highest BCUT2D eigenvalue weighted by Crippen LogP contribution is 2.24. The van der Waals surface area contributed by atoms with Gasteiger partial charge < -0.3 is 10.6 Å². The summed E-state index contributed by atoms with van der Waals surface area (Å²) in [5, 5.41) is 0.728. The highest BCUT2D eigenvalue weighted by Gasteiger charge is 2.09. The van der Waals surface area contributed by atoms with Gasteiger partial charge in [-0.05, 0) is 35.4 Å². The van der Waals surface area contributed by atoms with Crippen molar-refractivity contribution in [2.75, 3.05) is 11.9 Å². The van der Waals surface area contributed by atoms with Crippen molar-refractivity contribution in [2.24, 2.45) is 5.73 Å². The smallest absolute Gasteiger partial charge is 0.123 e. The number of hydrogen-bond donors (Lipinski definition) is 1. The van der Waals surface area contributed by atoms with Gasteiger partial charge in [-0.15, -0.1) is 0 Å². The second kappa shape index (κ2) is 6.04. The topological polar surface area (TPSA) is 29.3 Å². The Labute approximate surface area is 117 Å². The molecule has 0 spiro atoms. The van der Waals surface area contributed by atoms with Crippen molar-refractivity contribution in [3.8, 4) is 0 Å². The molecule has 2 N–H and O–H groups in total. The highest BCUT2D eigenvalue weighted by molar-refractivity contribution is 6.31. The fourth-order valence-corrected chi connectivity index (χ4v) is 2.25. The third-order valence-electron chi connectivity index (χ3n) is 3.04. The van der Waals surface area contributed by atoms with Crippen LogP contribution >= 0.6 is 11.6 Å². The molecule has 0 saturated carbocycles. The van der Waals surface area contributed by atoms with E-state index in [9.17, 15) is 4.39 Å². The molecule has 2 aromatic rings. The van der Waals surface area contributed by atoms with E-state index in [1.807, 2.05) is 36.2 Å². The van der Waals surface area contributed by atoms with Crippen LogP contribution in [0.1, 0.15) is 11.1 Å². The molecule has 0 radical (unpaired) electrons. The maximum Gasteiger partial charge on any atom is 0.123 e. The molecule has 0 aliphatic heterocycles. The first-order valence-corrected chi connectivity index (χ1v) is 6.42. The van der Waals surface area contributed by atoms with E-state index in [-0.39, 0.29) is 5.82 Å². The number of nitrogens with two attached hydrogens (primary N) is 1. The quantitative estimate of drug-likeness (QED) is 0.926. The van der Waals surface area contributed by atoms with Gasteiger partial charge in [-0.2, -0.15) is 0 Å². The zero-order valence-electron chi connectivity index (χ0n) is 10.7. The van der Waals surface area contributed by atoms with Crippen LogP contribution in [0.25, 0.3) is 0 Å². The lowest BCUT2D eigenvalue weighted by Crippen LogP contribution is -2.19. The van der Waals surface area contributed by atoms with Gasteiger partial charge in [-0.1, -0.05) is 29.8 Å². The zero-order chi connectivity index (χ0) is 13.8. The molecule has 0 fully saturated rings. The lowest BCUT2D eigenvalue weighted by Gasteiger charge is -2.22. The van der Waals surface area contributed by atoms with Gasteiger partial charge in [0.1, 0.15) is 5.82 Å². The van der Waals surface area contributed by atoms with Crippen LogP contribution in [0.15, 0.2) is 42.5 Å². The number of benzene rings is 2. The van der Waals surface area contributed by atoms with Gasteiger partial charge in [0.2, 0.25) is 0 Å². The van der Waals surface area contributed by atoms with Crippen molar-refractivity contribution in [3.63, 3.8) is 0 Å². The number of nitrogens with zero attached hydrogens (tertiary/aromatic N) is 1. The third kappa shape index (κ3) is 3.25. The van der Waals surface area contributed by atoms with Crippen molar-refractivity contribution >= 4 is 17.3 Å². The molecule has 0 aliphatic rings. The van der Waals surface area contributed by atoms with Crippen LogP contribution < -0.4 is 10.6 Å². The van der Waals surface area contributed by atoms with Crippen LogP contribution in [0.4, 0.5) is 10.1 Å². The fourth-order valence-electron chi connectivity index (χ4n) is 2.06. The average Bonchev–Trinajstić information content (AvgIpc) is 2.41. The first-order valence-electron chi connectivity index (χ1n) is 6.05. The van der Waals surface area contributed by atoms with Gasteiger partial charge in [0.25, 0.3) is 0 Å². The predicted octanol–water partition coefficient (Wildman–Crippen LogP) is 3.57. The van der Waals surface area contributed by atoms with Crippen LogP contribution in [0.5, 0.6) is 0 Å². The summed E-state index contributed by atoms with van der Waals surface area (Å²) >= 11 is 6.14. The minimum absolute atomic E-state index is 0.268. The molecule has 2 nitrogen and oxygen atoms in total. The molecule has 4 heteroatoms. The minimum Gasteiger partial charge on any atom is -0.370 e. The summed E-state index contributed by atoms with van der Waals surface area (Å²) in [5.74, 6) is -0.268. The lowest BCUT2D eigenvalue weighted by atomic mass is 10.1. The molecular formula is C15H16ClFN2. The number of halogens is 2. The Balaban J connectivity index is 2.25. The molecule has 2 aromatic carbocycles. The second-order valence-corrected chi connectivity index (χ2v) is 4.83. The van der Waals surface area contributed by atoms with E-state index >= 15 is 0 Å². The molecule has 0 amide bonds. The summed E-state index contributed by atoms with van der Waals surface area (Å²) < 4.78 is 13.2. The Kier molecular flexibility index (Phi) is 4.40. The summed E-state index contributed by atoms with van der Waals surface area (Å²) in [6, 6.07) is 12.3. The maximum atomic E-state index is 13.2. The normalized spacial score (nSPS) is 10.5. The van der Waals surface area contributed by atoms with E-state index in [1.165, 1.54) is 12.1 Å². The number of rotatable bonds is 4. The van der Waals surface area contributed by atoms with E-state index in [0.29, 0.717) is 13.1 Å². The first kappa shape index (κ1) is 13.8. The largest absolute Gasteiger partial charge is 0.370 e. The van der Waals surface area contributed by atoms with Crippen LogP contribution in [-0.2, 0) is 13.1 Å². The monoisotopic (exact) mass is 278 g/mol. The SMILES string of the molecule is CN(Cc1ccccc1Cl)c1ccc(F)cc1CN. The summed E-state index contributed by atoms with van der Waals surface area (Å²) in [7, 11) is 1.94. The predicted molar refractivity (Wildman–Crippen MR) is 77.9 cm³/mol. The Bertz CT molecular complexity index is 572.